The lowest BCUT2D eigenvalue weighted by atomic mass is 9.94. The number of hydrogen-bond donors (Lipinski definition) is 0. The molecule has 0 aromatic carbocycles. The molecular weight excluding hydrogens is 142 g/mol. The first-order chi connectivity index (χ1) is 5.29. The maximum absolute atomic E-state index is 11.1. The van der Waals surface area contributed by atoms with Crippen LogP contribution in [0.5, 0.6) is 0 Å². The van der Waals surface area contributed by atoms with Gasteiger partial charge in [0.2, 0.25) is 5.91 Å². The van der Waals surface area contributed by atoms with Crippen molar-refractivity contribution in [2.75, 3.05) is 13.1 Å². The van der Waals surface area contributed by atoms with Gasteiger partial charge in [0.05, 0.1) is 12.5 Å². The van der Waals surface area contributed by atoms with Gasteiger partial charge >= 0.3 is 0 Å². The van der Waals surface area contributed by atoms with Crippen molar-refractivity contribution in [3.8, 4) is 0 Å². The van der Waals surface area contributed by atoms with Crippen molar-refractivity contribution >= 4 is 12.2 Å². The zero-order valence-corrected chi connectivity index (χ0v) is 6.75. The van der Waals surface area contributed by atoms with Crippen molar-refractivity contribution in [3.63, 3.8) is 0 Å². The van der Waals surface area contributed by atoms with Gasteiger partial charge in [-0.1, -0.05) is 13.3 Å². The topological polar surface area (TPSA) is 37.4 Å². The van der Waals surface area contributed by atoms with Gasteiger partial charge in [-0.3, -0.25) is 4.79 Å². The van der Waals surface area contributed by atoms with Crippen LogP contribution in [0.15, 0.2) is 0 Å². The minimum absolute atomic E-state index is 0.152. The first kappa shape index (κ1) is 8.24. The Labute approximate surface area is 66.4 Å². The molecule has 1 saturated heterocycles. The molecule has 1 amide bonds. The van der Waals surface area contributed by atoms with E-state index in [0.29, 0.717) is 0 Å². The number of hydrogen-bond acceptors (Lipinski definition) is 2. The summed E-state index contributed by atoms with van der Waals surface area (Å²) in [6.07, 6.45) is 2.79. The summed E-state index contributed by atoms with van der Waals surface area (Å²) in [5, 5.41) is 0. The van der Waals surface area contributed by atoms with E-state index < -0.39 is 0 Å². The van der Waals surface area contributed by atoms with Gasteiger partial charge in [-0.15, -0.1) is 0 Å². The van der Waals surface area contributed by atoms with Gasteiger partial charge in [0.1, 0.15) is 6.29 Å². The number of carbonyl (C=O) groups is 2. The highest BCUT2D eigenvalue weighted by Crippen LogP contribution is 2.20. The smallest absolute Gasteiger partial charge is 0.227 e. The lowest BCUT2D eigenvalue weighted by Crippen LogP contribution is -2.52. The SMILES string of the molecule is CCCC1CN(CC=O)C1=O. The number of likely N-dealkylation sites (tertiary alicyclic amines) is 1. The minimum atomic E-state index is 0.152. The fraction of sp³-hybridized carbons (Fsp3) is 0.750. The van der Waals surface area contributed by atoms with E-state index in [4.69, 9.17) is 0 Å². The average Bonchev–Trinajstić information content (AvgIpc) is 2.02. The van der Waals surface area contributed by atoms with Gasteiger partial charge in [0.25, 0.3) is 0 Å². The predicted molar refractivity (Wildman–Crippen MR) is 41.0 cm³/mol. The number of nitrogens with zero attached hydrogens (tertiary/aromatic N) is 1. The maximum Gasteiger partial charge on any atom is 0.227 e. The molecular formula is C8H13NO2. The van der Waals surface area contributed by atoms with Gasteiger partial charge < -0.3 is 9.69 Å². The standard InChI is InChI=1S/C8H13NO2/c1-2-3-7-6-9(4-5-10)8(7)11/h5,7H,2-4,6H2,1H3. The average molecular weight is 155 g/mol. The van der Waals surface area contributed by atoms with Crippen molar-refractivity contribution in [2.45, 2.75) is 19.8 Å². The zero-order valence-electron chi connectivity index (χ0n) is 6.75. The number of aldehydes is 1. The summed E-state index contributed by atoms with van der Waals surface area (Å²) in [4.78, 5) is 22.7. The van der Waals surface area contributed by atoms with Crippen LogP contribution in [0, 0.1) is 5.92 Å². The summed E-state index contributed by atoms with van der Waals surface area (Å²) in [5.74, 6) is 0.360. The Morgan fingerprint density at radius 1 is 1.73 bits per heavy atom. The van der Waals surface area contributed by atoms with Gasteiger partial charge in [-0.25, -0.2) is 0 Å². The van der Waals surface area contributed by atoms with E-state index in [0.717, 1.165) is 25.7 Å². The Bertz CT molecular complexity index is 167. The number of β-lactam (4-membered cyclic amide) rings is 1. The van der Waals surface area contributed by atoms with Crippen LogP contribution in [0.4, 0.5) is 0 Å². The largest absolute Gasteiger partial charge is 0.335 e. The second-order valence-electron chi connectivity index (χ2n) is 2.90. The maximum atomic E-state index is 11.1. The fourth-order valence-electron chi connectivity index (χ4n) is 1.40. The molecule has 1 unspecified atom stereocenters. The molecule has 0 aliphatic carbocycles. The van der Waals surface area contributed by atoms with Crippen LogP contribution in [0.1, 0.15) is 19.8 Å². The molecule has 0 radical (unpaired) electrons. The quantitative estimate of drug-likeness (QED) is 0.436. The molecule has 3 nitrogen and oxygen atoms in total. The van der Waals surface area contributed by atoms with Crippen LogP contribution in [0.2, 0.25) is 0 Å². The highest BCUT2D eigenvalue weighted by molar-refractivity contribution is 5.86. The molecule has 0 spiro atoms. The predicted octanol–water partition coefficient (Wildman–Crippen LogP) is 0.444. The Hall–Kier alpha value is -0.860. The van der Waals surface area contributed by atoms with E-state index in [9.17, 15) is 9.59 Å². The minimum Gasteiger partial charge on any atom is -0.335 e. The zero-order chi connectivity index (χ0) is 8.27. The van der Waals surface area contributed by atoms with E-state index in [1.165, 1.54) is 0 Å². The van der Waals surface area contributed by atoms with Gasteiger partial charge in [-0.05, 0) is 6.42 Å². The van der Waals surface area contributed by atoms with Crippen molar-refractivity contribution in [2.24, 2.45) is 5.92 Å². The fourth-order valence-corrected chi connectivity index (χ4v) is 1.40. The van der Waals surface area contributed by atoms with Gasteiger partial charge in [0, 0.05) is 6.54 Å². The van der Waals surface area contributed by atoms with Gasteiger partial charge in [-0.2, -0.15) is 0 Å². The Balaban J connectivity index is 2.26. The second-order valence-corrected chi connectivity index (χ2v) is 2.90. The van der Waals surface area contributed by atoms with Crippen LogP contribution in [-0.4, -0.2) is 30.2 Å². The summed E-state index contributed by atoms with van der Waals surface area (Å²) in [6.45, 7) is 3.13. The van der Waals surface area contributed by atoms with Crippen LogP contribution >= 0.6 is 0 Å². The van der Waals surface area contributed by atoms with Crippen molar-refractivity contribution in [1.29, 1.82) is 0 Å². The molecule has 62 valence electrons. The van der Waals surface area contributed by atoms with E-state index in [2.05, 4.69) is 6.92 Å². The molecule has 1 heterocycles. The molecule has 1 fully saturated rings. The van der Waals surface area contributed by atoms with E-state index in [-0.39, 0.29) is 18.4 Å². The highest BCUT2D eigenvalue weighted by Gasteiger charge is 2.34. The molecule has 3 heteroatoms. The first-order valence-corrected chi connectivity index (χ1v) is 4.02. The lowest BCUT2D eigenvalue weighted by molar-refractivity contribution is -0.149. The summed E-state index contributed by atoms with van der Waals surface area (Å²) in [6, 6.07) is 0. The molecule has 0 N–H and O–H groups in total. The van der Waals surface area contributed by atoms with E-state index in [1.807, 2.05) is 0 Å². The third kappa shape index (κ3) is 1.59. The van der Waals surface area contributed by atoms with Gasteiger partial charge in [0.15, 0.2) is 0 Å². The number of amides is 1. The molecule has 0 aromatic rings. The normalized spacial score (nSPS) is 23.2. The molecule has 0 saturated carbocycles. The molecule has 1 rings (SSSR count). The summed E-state index contributed by atoms with van der Waals surface area (Å²) >= 11 is 0. The van der Waals surface area contributed by atoms with Crippen LogP contribution < -0.4 is 0 Å². The third-order valence-electron chi connectivity index (χ3n) is 2.03. The van der Waals surface area contributed by atoms with Crippen molar-refractivity contribution in [3.05, 3.63) is 0 Å². The van der Waals surface area contributed by atoms with Crippen LogP contribution in [0.3, 0.4) is 0 Å². The second kappa shape index (κ2) is 3.51. The van der Waals surface area contributed by atoms with E-state index >= 15 is 0 Å². The van der Waals surface area contributed by atoms with Crippen molar-refractivity contribution < 1.29 is 9.59 Å². The monoisotopic (exact) mass is 155 g/mol. The highest BCUT2D eigenvalue weighted by atomic mass is 16.2. The third-order valence-corrected chi connectivity index (χ3v) is 2.03. The Kier molecular flexibility index (Phi) is 2.63. The Morgan fingerprint density at radius 3 is 2.91 bits per heavy atom. The molecule has 1 aliphatic rings. The lowest BCUT2D eigenvalue weighted by Gasteiger charge is -2.37. The molecule has 0 aromatic heterocycles. The first-order valence-electron chi connectivity index (χ1n) is 4.02. The van der Waals surface area contributed by atoms with E-state index in [1.54, 1.807) is 4.90 Å². The molecule has 11 heavy (non-hydrogen) atoms. The van der Waals surface area contributed by atoms with Crippen molar-refractivity contribution in [1.82, 2.24) is 4.90 Å². The number of carbonyl (C=O) groups excluding carboxylic acids is 2. The molecule has 1 atom stereocenters. The summed E-state index contributed by atoms with van der Waals surface area (Å²) < 4.78 is 0. The molecule has 0 bridgehead atoms. The number of rotatable bonds is 4. The summed E-state index contributed by atoms with van der Waals surface area (Å²) in [7, 11) is 0. The molecule has 1 aliphatic heterocycles. The van der Waals surface area contributed by atoms with Crippen LogP contribution in [-0.2, 0) is 9.59 Å². The Morgan fingerprint density at radius 2 is 2.45 bits per heavy atom. The van der Waals surface area contributed by atoms with Crippen LogP contribution in [0.25, 0.3) is 0 Å². The summed E-state index contributed by atoms with van der Waals surface area (Å²) in [5.41, 5.74) is 0.